The van der Waals surface area contributed by atoms with E-state index >= 15 is 0 Å². The van der Waals surface area contributed by atoms with Gasteiger partial charge in [-0.3, -0.25) is 4.79 Å². The first kappa shape index (κ1) is 22.4. The number of alkyl halides is 3. The van der Waals surface area contributed by atoms with Gasteiger partial charge in [-0.15, -0.1) is 0 Å². The van der Waals surface area contributed by atoms with Crippen LogP contribution in [0.15, 0.2) is 65.7 Å². The molecule has 33 heavy (non-hydrogen) atoms. The molecule has 0 fully saturated rings. The quantitative estimate of drug-likeness (QED) is 0.423. The molecule has 0 unspecified atom stereocenters. The lowest BCUT2D eigenvalue weighted by atomic mass is 10.1. The molecule has 4 aromatic rings. The largest absolute Gasteiger partial charge is 0.457 e. The van der Waals surface area contributed by atoms with Gasteiger partial charge in [0.2, 0.25) is 0 Å². The average Bonchev–Trinajstić information content (AvgIpc) is 2.77. The van der Waals surface area contributed by atoms with Crippen molar-refractivity contribution < 1.29 is 31.8 Å². The number of rotatable bonds is 5. The molecule has 0 aliphatic heterocycles. The van der Waals surface area contributed by atoms with E-state index in [1.54, 1.807) is 0 Å². The second kappa shape index (κ2) is 8.62. The number of hydrogen-bond acceptors (Lipinski definition) is 4. The maximum Gasteiger partial charge on any atom is 0.419 e. The van der Waals surface area contributed by atoms with Crippen molar-refractivity contribution in [1.82, 2.24) is 9.55 Å². The third-order valence-electron chi connectivity index (χ3n) is 4.94. The van der Waals surface area contributed by atoms with Crippen LogP contribution in [0, 0.1) is 11.6 Å². The Kier molecular flexibility index (Phi) is 5.86. The average molecular weight is 462 g/mol. The van der Waals surface area contributed by atoms with Crippen LogP contribution in [0.1, 0.15) is 16.7 Å². The van der Waals surface area contributed by atoms with Crippen LogP contribution in [0.25, 0.3) is 10.9 Å². The van der Waals surface area contributed by atoms with Crippen LogP contribution < -0.4 is 10.3 Å². The zero-order valence-electron chi connectivity index (χ0n) is 16.7. The minimum Gasteiger partial charge on any atom is -0.457 e. The fraction of sp³-hybridized carbons (Fsp3) is 0.130. The summed E-state index contributed by atoms with van der Waals surface area (Å²) in [5, 5.41) is 9.17. The summed E-state index contributed by atoms with van der Waals surface area (Å²) in [6.45, 7) is -0.629. The Labute approximate surface area is 183 Å². The Hall–Kier alpha value is -3.79. The second-order valence-electron chi connectivity index (χ2n) is 7.18. The predicted octanol–water partition coefficient (Wildman–Crippen LogP) is 5.03. The molecule has 0 saturated heterocycles. The van der Waals surface area contributed by atoms with E-state index in [0.717, 1.165) is 24.3 Å². The molecule has 10 heteroatoms. The monoisotopic (exact) mass is 462 g/mol. The highest BCUT2D eigenvalue weighted by atomic mass is 19.4. The molecular formula is C23H15F5N2O3. The molecule has 5 nitrogen and oxygen atoms in total. The fourth-order valence-electron chi connectivity index (χ4n) is 3.33. The van der Waals surface area contributed by atoms with E-state index in [9.17, 15) is 26.7 Å². The summed E-state index contributed by atoms with van der Waals surface area (Å²) in [5.74, 6) is -2.05. The van der Waals surface area contributed by atoms with E-state index in [0.29, 0.717) is 5.52 Å². The van der Waals surface area contributed by atoms with Gasteiger partial charge in [0.1, 0.15) is 23.1 Å². The topological polar surface area (TPSA) is 64.4 Å². The maximum atomic E-state index is 14.0. The fourth-order valence-corrected chi connectivity index (χ4v) is 3.33. The van der Waals surface area contributed by atoms with Crippen molar-refractivity contribution in [2.75, 3.05) is 0 Å². The molecule has 0 aliphatic rings. The Balaban J connectivity index is 1.73. The number of aliphatic hydroxyl groups excluding tert-OH is 1. The Bertz CT molecular complexity index is 1400. The smallest absolute Gasteiger partial charge is 0.419 e. The van der Waals surface area contributed by atoms with Crippen molar-refractivity contribution in [3.05, 3.63) is 99.6 Å². The summed E-state index contributed by atoms with van der Waals surface area (Å²) >= 11 is 0. The number of aliphatic hydroxyl groups is 1. The lowest BCUT2D eigenvalue weighted by Crippen LogP contribution is -2.14. The van der Waals surface area contributed by atoms with Gasteiger partial charge in [-0.1, -0.05) is 12.1 Å². The zero-order valence-corrected chi connectivity index (χ0v) is 16.7. The number of aromatic nitrogens is 2. The normalized spacial score (nSPS) is 11.7. The molecule has 0 atom stereocenters. The van der Waals surface area contributed by atoms with Crippen LogP contribution in [0.4, 0.5) is 22.0 Å². The highest BCUT2D eigenvalue weighted by Gasteiger charge is 2.35. The van der Waals surface area contributed by atoms with Crippen molar-refractivity contribution in [2.24, 2.45) is 0 Å². The highest BCUT2D eigenvalue weighted by Crippen LogP contribution is 2.39. The molecule has 0 bridgehead atoms. The number of fused-ring (bicyclic) bond motifs is 1. The molecule has 3 aromatic carbocycles. The van der Waals surface area contributed by atoms with Gasteiger partial charge in [-0.05, 0) is 42.0 Å². The van der Waals surface area contributed by atoms with Gasteiger partial charge < -0.3 is 14.4 Å². The van der Waals surface area contributed by atoms with Gasteiger partial charge in [-0.25, -0.2) is 8.78 Å². The third kappa shape index (κ3) is 4.70. The molecule has 170 valence electrons. The van der Waals surface area contributed by atoms with Crippen molar-refractivity contribution in [3.63, 3.8) is 0 Å². The van der Waals surface area contributed by atoms with E-state index in [1.165, 1.54) is 41.2 Å². The van der Waals surface area contributed by atoms with Gasteiger partial charge in [0, 0.05) is 11.6 Å². The van der Waals surface area contributed by atoms with Crippen molar-refractivity contribution in [2.45, 2.75) is 19.3 Å². The first-order chi connectivity index (χ1) is 15.7. The standard InChI is InChI=1S/C23H15F5N2O3/c24-15-3-2-14(19(25)8-15)10-30-12-29-22(32)17-9-16(4-5-20(17)30)33-21-6-1-13(11-31)7-18(21)23(26,27)28/h1-9,12,31H,10-11H2. The molecular weight excluding hydrogens is 447 g/mol. The second-order valence-corrected chi connectivity index (χ2v) is 7.18. The third-order valence-corrected chi connectivity index (χ3v) is 4.94. The molecule has 0 aliphatic carbocycles. The molecule has 0 spiro atoms. The Morgan fingerprint density at radius 1 is 1.00 bits per heavy atom. The molecule has 1 heterocycles. The van der Waals surface area contributed by atoms with Gasteiger partial charge in [0.25, 0.3) is 5.56 Å². The van der Waals surface area contributed by atoms with Crippen molar-refractivity contribution in [1.29, 1.82) is 0 Å². The maximum absolute atomic E-state index is 14.0. The summed E-state index contributed by atoms with van der Waals surface area (Å²) in [6, 6.07) is 10.3. The van der Waals surface area contributed by atoms with Gasteiger partial charge in [0.05, 0.1) is 35.9 Å². The van der Waals surface area contributed by atoms with E-state index in [-0.39, 0.29) is 28.8 Å². The first-order valence-electron chi connectivity index (χ1n) is 9.57. The zero-order chi connectivity index (χ0) is 23.8. The number of ether oxygens (including phenoxy) is 1. The van der Waals surface area contributed by atoms with Crippen LogP contribution in [0.5, 0.6) is 11.5 Å². The van der Waals surface area contributed by atoms with E-state index < -0.39 is 41.3 Å². The van der Waals surface area contributed by atoms with E-state index in [4.69, 9.17) is 9.84 Å². The molecule has 0 amide bonds. The Morgan fingerprint density at radius 2 is 1.79 bits per heavy atom. The highest BCUT2D eigenvalue weighted by molar-refractivity contribution is 5.79. The Morgan fingerprint density at radius 3 is 2.48 bits per heavy atom. The molecule has 0 saturated carbocycles. The van der Waals surface area contributed by atoms with Crippen molar-refractivity contribution in [3.8, 4) is 11.5 Å². The van der Waals surface area contributed by atoms with E-state index in [1.807, 2.05) is 0 Å². The number of benzene rings is 3. The summed E-state index contributed by atoms with van der Waals surface area (Å²) in [6.07, 6.45) is -3.53. The minimum absolute atomic E-state index is 0.0399. The summed E-state index contributed by atoms with van der Waals surface area (Å²) in [5.41, 5.74) is -1.18. The predicted molar refractivity (Wildman–Crippen MR) is 109 cm³/mol. The minimum atomic E-state index is -4.73. The number of halogens is 5. The SMILES string of the molecule is O=c1ncn(Cc2ccc(F)cc2F)c2ccc(Oc3ccc(CO)cc3C(F)(F)F)cc12. The van der Waals surface area contributed by atoms with E-state index in [2.05, 4.69) is 4.98 Å². The van der Waals surface area contributed by atoms with Gasteiger partial charge in [-0.2, -0.15) is 18.2 Å². The molecule has 4 rings (SSSR count). The van der Waals surface area contributed by atoms with Gasteiger partial charge in [0.15, 0.2) is 0 Å². The number of hydrogen-bond donors (Lipinski definition) is 1. The van der Waals surface area contributed by atoms with Crippen LogP contribution in [0.3, 0.4) is 0 Å². The van der Waals surface area contributed by atoms with Crippen LogP contribution in [0.2, 0.25) is 0 Å². The lowest BCUT2D eigenvalue weighted by molar-refractivity contribution is -0.138. The number of nitrogens with zero attached hydrogens (tertiary/aromatic N) is 2. The molecule has 0 radical (unpaired) electrons. The summed E-state index contributed by atoms with van der Waals surface area (Å²) in [7, 11) is 0. The molecule has 1 N–H and O–H groups in total. The van der Waals surface area contributed by atoms with Gasteiger partial charge >= 0.3 is 6.18 Å². The molecule has 1 aromatic heterocycles. The first-order valence-corrected chi connectivity index (χ1v) is 9.57. The summed E-state index contributed by atoms with van der Waals surface area (Å²) in [4.78, 5) is 16.0. The van der Waals surface area contributed by atoms with Crippen LogP contribution in [-0.4, -0.2) is 14.7 Å². The summed E-state index contributed by atoms with van der Waals surface area (Å²) < 4.78 is 74.3. The van der Waals surface area contributed by atoms with Crippen LogP contribution >= 0.6 is 0 Å². The lowest BCUT2D eigenvalue weighted by Gasteiger charge is -2.16. The van der Waals surface area contributed by atoms with Crippen molar-refractivity contribution >= 4 is 10.9 Å². The van der Waals surface area contributed by atoms with Crippen LogP contribution in [-0.2, 0) is 19.3 Å².